The molecule has 13 heavy (non-hydrogen) atoms. The first-order valence-corrected chi connectivity index (χ1v) is 5.29. The molecule has 2 rings (SSSR count). The van der Waals surface area contributed by atoms with Crippen LogP contribution in [0.5, 0.6) is 0 Å². The Morgan fingerprint density at radius 2 is 1.85 bits per heavy atom. The highest BCUT2D eigenvalue weighted by Gasteiger charge is 2.39. The molecule has 0 aliphatic carbocycles. The van der Waals surface area contributed by atoms with E-state index < -0.39 is 0 Å². The van der Waals surface area contributed by atoms with Crippen LogP contribution in [0.2, 0.25) is 0 Å². The van der Waals surface area contributed by atoms with Gasteiger partial charge in [0.05, 0.1) is 6.10 Å². The van der Waals surface area contributed by atoms with Gasteiger partial charge in [-0.1, -0.05) is 6.92 Å². The maximum absolute atomic E-state index is 9.97. The summed E-state index contributed by atoms with van der Waals surface area (Å²) in [6.45, 7) is 7.62. The maximum atomic E-state index is 9.97. The van der Waals surface area contributed by atoms with Crippen molar-refractivity contribution in [1.82, 2.24) is 9.80 Å². The molecule has 0 aromatic carbocycles. The van der Waals surface area contributed by atoms with E-state index in [9.17, 15) is 5.11 Å². The van der Waals surface area contributed by atoms with Gasteiger partial charge < -0.3 is 14.9 Å². The lowest BCUT2D eigenvalue weighted by Crippen LogP contribution is -2.59. The molecule has 3 nitrogen and oxygen atoms in total. The Kier molecular flexibility index (Phi) is 2.58. The number of nitrogens with zero attached hydrogens (tertiary/aromatic N) is 2. The molecule has 0 saturated carbocycles. The van der Waals surface area contributed by atoms with E-state index in [0.717, 1.165) is 32.7 Å². The minimum atomic E-state index is -0.0426. The van der Waals surface area contributed by atoms with Gasteiger partial charge >= 0.3 is 0 Å². The topological polar surface area (TPSA) is 26.7 Å². The molecule has 2 bridgehead atoms. The summed E-state index contributed by atoms with van der Waals surface area (Å²) in [4.78, 5) is 4.82. The minimum absolute atomic E-state index is 0.0426. The molecule has 0 radical (unpaired) electrons. The number of likely N-dealkylation sites (tertiary alicyclic amines) is 2. The first kappa shape index (κ1) is 9.44. The number of rotatable bonds is 1. The zero-order valence-corrected chi connectivity index (χ0v) is 8.61. The number of aliphatic hydroxyl groups excluding tert-OH is 1. The number of hydrogen-bond acceptors (Lipinski definition) is 3. The predicted molar refractivity (Wildman–Crippen MR) is 52.6 cm³/mol. The van der Waals surface area contributed by atoms with Gasteiger partial charge in [-0.3, -0.25) is 0 Å². The van der Waals surface area contributed by atoms with Crippen LogP contribution in [0.1, 0.15) is 6.92 Å². The van der Waals surface area contributed by atoms with Crippen LogP contribution in [0.25, 0.3) is 0 Å². The molecule has 2 heterocycles. The van der Waals surface area contributed by atoms with Crippen LogP contribution in [-0.4, -0.2) is 60.8 Å². The van der Waals surface area contributed by atoms with Gasteiger partial charge in [0, 0.05) is 38.0 Å². The third-order valence-electron chi connectivity index (χ3n) is 3.49. The average Bonchev–Trinajstić information content (AvgIpc) is 2.07. The largest absolute Gasteiger partial charge is 0.392 e. The summed E-state index contributed by atoms with van der Waals surface area (Å²) in [5, 5.41) is 9.97. The van der Waals surface area contributed by atoms with E-state index >= 15 is 0 Å². The predicted octanol–water partition coefficient (Wildman–Crippen LogP) is -0.139. The molecule has 0 aromatic heterocycles. The summed E-state index contributed by atoms with van der Waals surface area (Å²) >= 11 is 0. The molecular formula is C10H20N2O. The van der Waals surface area contributed by atoms with Gasteiger partial charge in [-0.05, 0) is 13.6 Å². The SMILES string of the molecule is CCN1[14CH2][C@H]2CN(C)C[C@@H]([14CH2]1)C2O. The molecule has 3 heteroatoms. The second-order valence-corrected chi connectivity index (χ2v) is 4.58. The van der Waals surface area contributed by atoms with Crippen molar-refractivity contribution in [1.29, 1.82) is 0 Å². The lowest BCUT2D eigenvalue weighted by molar-refractivity contribution is -0.0708. The fraction of sp³-hybridized carbons (Fsp3) is 1.00. The third kappa shape index (κ3) is 1.73. The van der Waals surface area contributed by atoms with E-state index in [1.807, 2.05) is 0 Å². The molecule has 1 unspecified atom stereocenters. The first-order valence-electron chi connectivity index (χ1n) is 5.29. The van der Waals surface area contributed by atoms with E-state index in [0.29, 0.717) is 11.8 Å². The fourth-order valence-electron chi connectivity index (χ4n) is 2.80. The molecule has 0 spiro atoms. The van der Waals surface area contributed by atoms with Gasteiger partial charge in [-0.25, -0.2) is 0 Å². The Bertz CT molecular complexity index is 170. The summed E-state index contributed by atoms with van der Waals surface area (Å²) < 4.78 is 0. The molecule has 76 valence electrons. The molecule has 2 fully saturated rings. The second-order valence-electron chi connectivity index (χ2n) is 4.58. The Hall–Kier alpha value is -0.120. The average molecular weight is 188 g/mol. The van der Waals surface area contributed by atoms with Crippen LogP contribution < -0.4 is 0 Å². The van der Waals surface area contributed by atoms with Gasteiger partial charge in [0.2, 0.25) is 0 Å². The Labute approximate surface area is 80.3 Å². The van der Waals surface area contributed by atoms with Crippen LogP contribution in [0.3, 0.4) is 0 Å². The zero-order chi connectivity index (χ0) is 9.42. The highest BCUT2D eigenvalue weighted by atomic mass is 16.3. The summed E-state index contributed by atoms with van der Waals surface area (Å²) in [6, 6.07) is 0. The van der Waals surface area contributed by atoms with Crippen molar-refractivity contribution in [3.05, 3.63) is 0 Å². The maximum Gasteiger partial charge on any atom is 0.0645 e. The van der Waals surface area contributed by atoms with Crippen molar-refractivity contribution < 1.29 is 5.11 Å². The summed E-state index contributed by atoms with van der Waals surface area (Å²) in [7, 11) is 2.16. The second kappa shape index (κ2) is 3.56. The van der Waals surface area contributed by atoms with E-state index in [-0.39, 0.29) is 6.10 Å². The Morgan fingerprint density at radius 1 is 1.31 bits per heavy atom. The Morgan fingerprint density at radius 3 is 2.31 bits per heavy atom. The molecule has 2 aliphatic rings. The van der Waals surface area contributed by atoms with Crippen LogP contribution in [-0.2, 0) is 0 Å². The van der Waals surface area contributed by atoms with Crippen molar-refractivity contribution >= 4 is 0 Å². The van der Waals surface area contributed by atoms with Crippen molar-refractivity contribution in [3.63, 3.8) is 0 Å². The number of aliphatic hydroxyl groups is 1. The first-order chi connectivity index (χ1) is 6.20. The lowest BCUT2D eigenvalue weighted by atomic mass is 9.97. The molecular weight excluding hydrogens is 168 g/mol. The lowest BCUT2D eigenvalue weighted by Gasteiger charge is -2.47. The van der Waals surface area contributed by atoms with Gasteiger partial charge in [0.25, 0.3) is 0 Å². The third-order valence-corrected chi connectivity index (χ3v) is 3.49. The van der Waals surface area contributed by atoms with Crippen LogP contribution in [0.15, 0.2) is 0 Å². The molecule has 2 aliphatic heterocycles. The van der Waals surface area contributed by atoms with Gasteiger partial charge in [0.15, 0.2) is 0 Å². The van der Waals surface area contributed by atoms with Gasteiger partial charge in [0.1, 0.15) is 0 Å². The quantitative estimate of drug-likeness (QED) is 0.620. The van der Waals surface area contributed by atoms with Crippen molar-refractivity contribution in [2.45, 2.75) is 13.0 Å². The molecule has 3 atom stereocenters. The van der Waals surface area contributed by atoms with E-state index in [4.69, 9.17) is 0 Å². The van der Waals surface area contributed by atoms with E-state index in [1.54, 1.807) is 0 Å². The van der Waals surface area contributed by atoms with Gasteiger partial charge in [-0.2, -0.15) is 0 Å². The van der Waals surface area contributed by atoms with Crippen LogP contribution >= 0.6 is 0 Å². The van der Waals surface area contributed by atoms with Crippen molar-refractivity contribution in [3.8, 4) is 0 Å². The van der Waals surface area contributed by atoms with Crippen LogP contribution in [0.4, 0.5) is 0 Å². The molecule has 0 aromatic rings. The molecule has 1 N–H and O–H groups in total. The summed E-state index contributed by atoms with van der Waals surface area (Å²) in [5.41, 5.74) is 0. The highest BCUT2D eigenvalue weighted by molar-refractivity contribution is 4.92. The summed E-state index contributed by atoms with van der Waals surface area (Å²) in [5.74, 6) is 0.967. The smallest absolute Gasteiger partial charge is 0.0645 e. The van der Waals surface area contributed by atoms with Crippen molar-refractivity contribution in [2.24, 2.45) is 11.8 Å². The van der Waals surface area contributed by atoms with Crippen molar-refractivity contribution in [2.75, 3.05) is 39.8 Å². The van der Waals surface area contributed by atoms with E-state index in [1.165, 1.54) is 0 Å². The number of hydrogen-bond donors (Lipinski definition) is 1. The van der Waals surface area contributed by atoms with Gasteiger partial charge in [-0.15, -0.1) is 0 Å². The summed E-state index contributed by atoms with van der Waals surface area (Å²) in [6.07, 6.45) is -0.0426. The standard InChI is InChI=1S/C10H20N2O/c1-3-12-6-8-4-11(2)5-9(7-12)10(8)13/h8-10,13H,3-7H2,1-2H3/t8-,9+,10?/i6+2,7+2. The zero-order valence-electron chi connectivity index (χ0n) is 8.61. The minimum Gasteiger partial charge on any atom is -0.392 e. The number of piperidine rings is 2. The molecule has 2 saturated heterocycles. The monoisotopic (exact) mass is 188 g/mol. The fourth-order valence-corrected chi connectivity index (χ4v) is 2.80. The Balaban J connectivity index is 2.04. The number of fused-ring (bicyclic) bond motifs is 2. The molecule has 0 amide bonds. The highest BCUT2D eigenvalue weighted by Crippen LogP contribution is 2.27. The normalized spacial score (nSPS) is 42.2. The van der Waals surface area contributed by atoms with Crippen LogP contribution in [0, 0.1) is 11.8 Å². The van der Waals surface area contributed by atoms with E-state index in [2.05, 4.69) is 23.8 Å².